The van der Waals surface area contributed by atoms with Gasteiger partial charge in [0, 0.05) is 31.1 Å². The normalized spacial score (nSPS) is 15.8. The van der Waals surface area contributed by atoms with E-state index in [1.807, 2.05) is 17.4 Å². The highest BCUT2D eigenvalue weighted by Crippen LogP contribution is 2.20. The number of hydrogen-bond donors (Lipinski definition) is 1. The number of para-hydroxylation sites is 2. The minimum atomic E-state index is 0.856. The summed E-state index contributed by atoms with van der Waals surface area (Å²) >= 11 is 1.86. The Balaban J connectivity index is 1.40. The number of benzene rings is 1. The number of nitrogens with one attached hydrogen (secondary N) is 1. The minimum absolute atomic E-state index is 0.856. The summed E-state index contributed by atoms with van der Waals surface area (Å²) in [5.74, 6) is 1.05. The predicted molar refractivity (Wildman–Crippen MR) is 111 cm³/mol. The smallest absolute Gasteiger partial charge is 0.121 e. The summed E-state index contributed by atoms with van der Waals surface area (Å²) in [6, 6.07) is 10.5. The Hall–Kier alpha value is -1.73. The van der Waals surface area contributed by atoms with Crippen LogP contribution >= 0.6 is 11.3 Å². The molecule has 6 heteroatoms. The fourth-order valence-corrected chi connectivity index (χ4v) is 4.57. The predicted octanol–water partition coefficient (Wildman–Crippen LogP) is 3.66. The molecule has 0 aliphatic carbocycles. The maximum Gasteiger partial charge on any atom is 0.121 e. The molecule has 27 heavy (non-hydrogen) atoms. The van der Waals surface area contributed by atoms with E-state index < -0.39 is 0 Å². The largest absolute Gasteiger partial charge is 0.379 e. The Morgan fingerprint density at radius 3 is 2.81 bits per heavy atom. The van der Waals surface area contributed by atoms with Crippen LogP contribution in [0.15, 0.2) is 35.7 Å². The summed E-state index contributed by atoms with van der Waals surface area (Å²) in [6.07, 6.45) is 1.17. The number of aromatic amines is 1. The second kappa shape index (κ2) is 8.97. The topological polar surface area (TPSA) is 44.4 Å². The van der Waals surface area contributed by atoms with Gasteiger partial charge in [-0.15, -0.1) is 11.3 Å². The van der Waals surface area contributed by atoms with Gasteiger partial charge in [0.25, 0.3) is 0 Å². The van der Waals surface area contributed by atoms with E-state index in [1.54, 1.807) is 0 Å². The van der Waals surface area contributed by atoms with Gasteiger partial charge in [0.15, 0.2) is 0 Å². The van der Waals surface area contributed by atoms with Crippen molar-refractivity contribution in [2.45, 2.75) is 26.4 Å². The Kier molecular flexibility index (Phi) is 6.19. The van der Waals surface area contributed by atoms with Crippen molar-refractivity contribution in [3.63, 3.8) is 0 Å². The van der Waals surface area contributed by atoms with Crippen LogP contribution in [0.2, 0.25) is 0 Å². The zero-order valence-electron chi connectivity index (χ0n) is 16.0. The molecular weight excluding hydrogens is 356 g/mol. The van der Waals surface area contributed by atoms with Crippen LogP contribution in [-0.2, 0) is 17.8 Å². The molecule has 1 N–H and O–H groups in total. The standard InChI is InChI=1S/C21H28N4OS/c1-17-7-14-27-20(17)15-25(9-4-8-24-10-12-26-13-11-24)16-21-22-18-5-2-3-6-19(18)23-21/h2-3,5-7,14H,4,8-13,15-16H2,1H3,(H,22,23). The average molecular weight is 385 g/mol. The summed E-state index contributed by atoms with van der Waals surface area (Å²) in [5.41, 5.74) is 3.56. The summed E-state index contributed by atoms with van der Waals surface area (Å²) in [6.45, 7) is 10.1. The number of morpholine rings is 1. The number of aromatic nitrogens is 2. The Morgan fingerprint density at radius 1 is 1.19 bits per heavy atom. The minimum Gasteiger partial charge on any atom is -0.379 e. The molecule has 3 heterocycles. The second-order valence-electron chi connectivity index (χ2n) is 7.25. The molecule has 1 saturated heterocycles. The maximum absolute atomic E-state index is 5.46. The number of thiophene rings is 1. The lowest BCUT2D eigenvalue weighted by Gasteiger charge is -2.28. The first-order valence-electron chi connectivity index (χ1n) is 9.77. The first-order chi connectivity index (χ1) is 13.3. The lowest BCUT2D eigenvalue weighted by Crippen LogP contribution is -2.38. The highest BCUT2D eigenvalue weighted by Gasteiger charge is 2.14. The summed E-state index contributed by atoms with van der Waals surface area (Å²) < 4.78 is 5.46. The molecule has 0 unspecified atom stereocenters. The van der Waals surface area contributed by atoms with Crippen LogP contribution in [0.3, 0.4) is 0 Å². The van der Waals surface area contributed by atoms with E-state index >= 15 is 0 Å². The number of rotatable bonds is 8. The lowest BCUT2D eigenvalue weighted by atomic mass is 10.2. The van der Waals surface area contributed by atoms with E-state index in [1.165, 1.54) is 16.9 Å². The Bertz CT molecular complexity index is 820. The molecule has 144 valence electrons. The first-order valence-corrected chi connectivity index (χ1v) is 10.6. The van der Waals surface area contributed by atoms with Gasteiger partial charge in [-0.2, -0.15) is 0 Å². The number of H-pyrrole nitrogens is 1. The highest BCUT2D eigenvalue weighted by atomic mass is 32.1. The molecule has 1 aliphatic heterocycles. The Morgan fingerprint density at radius 2 is 2.04 bits per heavy atom. The lowest BCUT2D eigenvalue weighted by molar-refractivity contribution is 0.0358. The summed E-state index contributed by atoms with van der Waals surface area (Å²) in [4.78, 5) is 14.8. The molecule has 0 amide bonds. The van der Waals surface area contributed by atoms with E-state index in [9.17, 15) is 0 Å². The molecule has 0 atom stereocenters. The van der Waals surface area contributed by atoms with Crippen molar-refractivity contribution in [2.24, 2.45) is 0 Å². The highest BCUT2D eigenvalue weighted by molar-refractivity contribution is 7.10. The van der Waals surface area contributed by atoms with Crippen molar-refractivity contribution in [3.05, 3.63) is 52.0 Å². The Labute approximate surface area is 165 Å². The summed E-state index contributed by atoms with van der Waals surface area (Å²) in [7, 11) is 0. The summed E-state index contributed by atoms with van der Waals surface area (Å²) in [5, 5.41) is 2.19. The monoisotopic (exact) mass is 384 g/mol. The van der Waals surface area contributed by atoms with Crippen LogP contribution in [0.5, 0.6) is 0 Å². The molecule has 4 rings (SSSR count). The fraction of sp³-hybridized carbons (Fsp3) is 0.476. The molecule has 2 aromatic heterocycles. The van der Waals surface area contributed by atoms with E-state index in [2.05, 4.69) is 51.4 Å². The quantitative estimate of drug-likeness (QED) is 0.644. The van der Waals surface area contributed by atoms with Gasteiger partial charge < -0.3 is 9.72 Å². The van der Waals surface area contributed by atoms with Gasteiger partial charge in [0.1, 0.15) is 5.82 Å². The fourth-order valence-electron chi connectivity index (χ4n) is 3.62. The SMILES string of the molecule is Cc1ccsc1CN(CCCN1CCOCC1)Cc1nc2ccccc2[nH]1. The molecule has 1 aliphatic rings. The number of fused-ring (bicyclic) bond motifs is 1. The van der Waals surface area contributed by atoms with Gasteiger partial charge in [0.05, 0.1) is 30.8 Å². The van der Waals surface area contributed by atoms with E-state index in [0.717, 1.165) is 69.3 Å². The van der Waals surface area contributed by atoms with Crippen molar-refractivity contribution in [2.75, 3.05) is 39.4 Å². The number of imidazole rings is 1. The van der Waals surface area contributed by atoms with Crippen molar-refractivity contribution < 1.29 is 4.74 Å². The molecule has 0 saturated carbocycles. The third-order valence-electron chi connectivity index (χ3n) is 5.20. The van der Waals surface area contributed by atoms with Crippen molar-refractivity contribution in [1.82, 2.24) is 19.8 Å². The van der Waals surface area contributed by atoms with Gasteiger partial charge in [-0.3, -0.25) is 9.80 Å². The molecule has 5 nitrogen and oxygen atoms in total. The molecule has 0 radical (unpaired) electrons. The number of hydrogen-bond acceptors (Lipinski definition) is 5. The first kappa shape index (κ1) is 18.6. The van der Waals surface area contributed by atoms with Gasteiger partial charge in [-0.1, -0.05) is 12.1 Å². The van der Waals surface area contributed by atoms with Crippen LogP contribution in [-0.4, -0.2) is 59.2 Å². The molecule has 0 spiro atoms. The second-order valence-corrected chi connectivity index (χ2v) is 8.25. The van der Waals surface area contributed by atoms with Gasteiger partial charge in [-0.25, -0.2) is 4.98 Å². The van der Waals surface area contributed by atoms with Crippen LogP contribution < -0.4 is 0 Å². The van der Waals surface area contributed by atoms with Crippen molar-refractivity contribution >= 4 is 22.4 Å². The number of aryl methyl sites for hydroxylation is 1. The van der Waals surface area contributed by atoms with E-state index in [-0.39, 0.29) is 0 Å². The molecular formula is C21H28N4OS. The van der Waals surface area contributed by atoms with E-state index in [0.29, 0.717) is 0 Å². The molecule has 3 aromatic rings. The molecule has 1 aromatic carbocycles. The number of nitrogens with zero attached hydrogens (tertiary/aromatic N) is 3. The van der Waals surface area contributed by atoms with Crippen LogP contribution in [0.4, 0.5) is 0 Å². The average Bonchev–Trinajstić information content (AvgIpc) is 3.28. The number of ether oxygens (including phenoxy) is 1. The third-order valence-corrected chi connectivity index (χ3v) is 6.21. The zero-order valence-corrected chi connectivity index (χ0v) is 16.8. The van der Waals surface area contributed by atoms with Gasteiger partial charge in [0.2, 0.25) is 0 Å². The van der Waals surface area contributed by atoms with Gasteiger partial charge >= 0.3 is 0 Å². The van der Waals surface area contributed by atoms with E-state index in [4.69, 9.17) is 9.72 Å². The maximum atomic E-state index is 5.46. The van der Waals surface area contributed by atoms with Crippen LogP contribution in [0, 0.1) is 6.92 Å². The molecule has 1 fully saturated rings. The van der Waals surface area contributed by atoms with Crippen LogP contribution in [0.1, 0.15) is 22.7 Å². The van der Waals surface area contributed by atoms with Crippen LogP contribution in [0.25, 0.3) is 11.0 Å². The zero-order chi connectivity index (χ0) is 18.5. The molecule has 0 bridgehead atoms. The van der Waals surface area contributed by atoms with Crippen molar-refractivity contribution in [1.29, 1.82) is 0 Å². The van der Waals surface area contributed by atoms with Crippen molar-refractivity contribution in [3.8, 4) is 0 Å². The third kappa shape index (κ3) is 4.96. The van der Waals surface area contributed by atoms with Gasteiger partial charge in [-0.05, 0) is 49.0 Å².